The molecule has 0 radical (unpaired) electrons. The maximum Gasteiger partial charge on any atom is 0.262 e. The summed E-state index contributed by atoms with van der Waals surface area (Å²) in [5, 5.41) is 8.17. The van der Waals surface area contributed by atoms with Gasteiger partial charge in [-0.25, -0.2) is 5.01 Å². The highest BCUT2D eigenvalue weighted by Gasteiger charge is 2.36. The zero-order valence-electron chi connectivity index (χ0n) is 19.7. The lowest BCUT2D eigenvalue weighted by molar-refractivity contribution is -0.143. The summed E-state index contributed by atoms with van der Waals surface area (Å²) in [6.45, 7) is 4.24. The summed E-state index contributed by atoms with van der Waals surface area (Å²) in [5.41, 5.74) is 1.63. The molecule has 0 bridgehead atoms. The van der Waals surface area contributed by atoms with E-state index < -0.39 is 0 Å². The van der Waals surface area contributed by atoms with Crippen LogP contribution in [0.4, 0.5) is 0 Å². The molecule has 3 rings (SSSR count). The van der Waals surface area contributed by atoms with E-state index in [9.17, 15) is 9.59 Å². The lowest BCUT2D eigenvalue weighted by atomic mass is 9.99. The van der Waals surface area contributed by atoms with Gasteiger partial charge >= 0.3 is 0 Å². The van der Waals surface area contributed by atoms with E-state index in [1.165, 1.54) is 9.91 Å². The zero-order chi connectivity index (χ0) is 24.0. The van der Waals surface area contributed by atoms with Gasteiger partial charge in [0.1, 0.15) is 18.0 Å². The highest BCUT2D eigenvalue weighted by Crippen LogP contribution is 2.39. The molecule has 1 aliphatic heterocycles. The van der Waals surface area contributed by atoms with E-state index in [1.54, 1.807) is 32.7 Å². The first-order valence-electron chi connectivity index (χ1n) is 10.8. The summed E-state index contributed by atoms with van der Waals surface area (Å²) in [4.78, 5) is 28.8. The Morgan fingerprint density at radius 2 is 2.00 bits per heavy atom. The van der Waals surface area contributed by atoms with Gasteiger partial charge in [-0.1, -0.05) is 19.9 Å². The molecule has 178 valence electrons. The van der Waals surface area contributed by atoms with Crippen molar-refractivity contribution in [1.82, 2.24) is 9.91 Å². The van der Waals surface area contributed by atoms with Gasteiger partial charge in [0.15, 0.2) is 0 Å². The van der Waals surface area contributed by atoms with Gasteiger partial charge in [0.05, 0.1) is 37.5 Å². The first kappa shape index (κ1) is 24.7. The van der Waals surface area contributed by atoms with Gasteiger partial charge in [-0.05, 0) is 29.6 Å². The van der Waals surface area contributed by atoms with Crippen LogP contribution in [0.2, 0.25) is 0 Å². The van der Waals surface area contributed by atoms with Crippen LogP contribution in [0.3, 0.4) is 0 Å². The predicted molar refractivity (Wildman–Crippen MR) is 128 cm³/mol. The first-order chi connectivity index (χ1) is 15.9. The number of rotatable bonds is 10. The van der Waals surface area contributed by atoms with Gasteiger partial charge in [-0.3, -0.25) is 9.59 Å². The fourth-order valence-corrected chi connectivity index (χ4v) is 4.46. The van der Waals surface area contributed by atoms with Crippen molar-refractivity contribution in [3.63, 3.8) is 0 Å². The minimum Gasteiger partial charge on any atom is -0.497 e. The Bertz CT molecular complexity index is 990. The molecule has 1 aliphatic rings. The van der Waals surface area contributed by atoms with Gasteiger partial charge in [-0.2, -0.15) is 5.10 Å². The van der Waals surface area contributed by atoms with Crippen LogP contribution in [-0.2, 0) is 14.3 Å². The Balaban J connectivity index is 1.95. The van der Waals surface area contributed by atoms with Crippen molar-refractivity contribution in [1.29, 1.82) is 0 Å². The molecule has 1 atom stereocenters. The SMILES string of the molecule is COCCN(CC(=O)N1N=C(c2cccs2)CC1c1cc(OC)ccc1OC)C(=O)C(C)C. The normalized spacial score (nSPS) is 15.5. The van der Waals surface area contributed by atoms with Crippen LogP contribution < -0.4 is 9.47 Å². The third-order valence-corrected chi connectivity index (χ3v) is 6.38. The predicted octanol–water partition coefficient (Wildman–Crippen LogP) is 3.57. The highest BCUT2D eigenvalue weighted by atomic mass is 32.1. The number of benzene rings is 1. The second kappa shape index (κ2) is 11.3. The minimum absolute atomic E-state index is 0.0790. The number of hydrogen-bond donors (Lipinski definition) is 0. The lowest BCUT2D eigenvalue weighted by Gasteiger charge is -2.28. The molecule has 9 heteroatoms. The van der Waals surface area contributed by atoms with Gasteiger partial charge in [-0.15, -0.1) is 11.3 Å². The number of hydrogen-bond acceptors (Lipinski definition) is 7. The topological polar surface area (TPSA) is 80.7 Å². The molecule has 33 heavy (non-hydrogen) atoms. The molecule has 1 aromatic carbocycles. The van der Waals surface area contributed by atoms with Crippen molar-refractivity contribution in [2.45, 2.75) is 26.3 Å². The molecule has 2 amide bonds. The van der Waals surface area contributed by atoms with Crippen LogP contribution in [0, 0.1) is 5.92 Å². The molecular weight excluding hydrogens is 442 g/mol. The molecule has 1 aromatic heterocycles. The fraction of sp³-hybridized carbons (Fsp3) is 0.458. The fourth-order valence-electron chi connectivity index (χ4n) is 3.74. The Morgan fingerprint density at radius 1 is 1.21 bits per heavy atom. The van der Waals surface area contributed by atoms with Gasteiger partial charge in [0.2, 0.25) is 5.91 Å². The molecular formula is C24H31N3O5S. The number of ether oxygens (including phenoxy) is 3. The van der Waals surface area contributed by atoms with Crippen molar-refractivity contribution in [3.05, 3.63) is 46.2 Å². The van der Waals surface area contributed by atoms with Crippen molar-refractivity contribution < 1.29 is 23.8 Å². The summed E-state index contributed by atoms with van der Waals surface area (Å²) < 4.78 is 16.2. The minimum atomic E-state index is -0.377. The lowest BCUT2D eigenvalue weighted by Crippen LogP contribution is -2.44. The van der Waals surface area contributed by atoms with Crippen molar-refractivity contribution in [2.75, 3.05) is 41.0 Å². The molecule has 0 aliphatic carbocycles. The Kier molecular flexibility index (Phi) is 8.46. The standard InChI is InChI=1S/C24H31N3O5S/c1-16(2)24(29)26(10-11-30-3)15-23(28)27-20(14-19(25-27)22-7-6-12-33-22)18-13-17(31-4)8-9-21(18)32-5/h6-9,12-13,16,20H,10-11,14-15H2,1-5H3. The Labute approximate surface area is 198 Å². The molecule has 0 saturated heterocycles. The molecule has 0 spiro atoms. The van der Waals surface area contributed by atoms with E-state index in [-0.39, 0.29) is 30.3 Å². The Hall–Kier alpha value is -2.91. The van der Waals surface area contributed by atoms with E-state index in [4.69, 9.17) is 19.3 Å². The maximum absolute atomic E-state index is 13.5. The number of hydrazone groups is 1. The number of methoxy groups -OCH3 is 3. The maximum atomic E-state index is 13.5. The largest absolute Gasteiger partial charge is 0.497 e. The molecule has 8 nitrogen and oxygen atoms in total. The van der Waals surface area contributed by atoms with Crippen LogP contribution in [0.5, 0.6) is 11.5 Å². The second-order valence-electron chi connectivity index (χ2n) is 8.00. The molecule has 0 fully saturated rings. The number of thiophene rings is 1. The van der Waals surface area contributed by atoms with E-state index in [1.807, 2.05) is 49.6 Å². The van der Waals surface area contributed by atoms with E-state index >= 15 is 0 Å². The monoisotopic (exact) mass is 473 g/mol. The smallest absolute Gasteiger partial charge is 0.262 e. The van der Waals surface area contributed by atoms with E-state index in [0.717, 1.165) is 16.2 Å². The number of amides is 2. The molecule has 0 N–H and O–H groups in total. The Morgan fingerprint density at radius 3 is 2.61 bits per heavy atom. The van der Waals surface area contributed by atoms with Crippen molar-refractivity contribution >= 4 is 28.9 Å². The number of nitrogens with zero attached hydrogens (tertiary/aromatic N) is 3. The molecule has 2 aromatic rings. The number of carbonyl (C=O) groups is 2. The third-order valence-electron chi connectivity index (χ3n) is 5.46. The summed E-state index contributed by atoms with van der Waals surface area (Å²) >= 11 is 1.58. The van der Waals surface area contributed by atoms with Gasteiger partial charge < -0.3 is 19.1 Å². The van der Waals surface area contributed by atoms with E-state index in [2.05, 4.69) is 0 Å². The second-order valence-corrected chi connectivity index (χ2v) is 8.95. The zero-order valence-corrected chi connectivity index (χ0v) is 20.6. The summed E-state index contributed by atoms with van der Waals surface area (Å²) in [6, 6.07) is 9.09. The summed E-state index contributed by atoms with van der Waals surface area (Å²) in [7, 11) is 4.77. The van der Waals surface area contributed by atoms with Gasteiger partial charge in [0.25, 0.3) is 5.91 Å². The highest BCUT2D eigenvalue weighted by molar-refractivity contribution is 7.12. The van der Waals surface area contributed by atoms with Crippen molar-refractivity contribution in [3.8, 4) is 11.5 Å². The summed E-state index contributed by atoms with van der Waals surface area (Å²) in [5.74, 6) is 0.724. The first-order valence-corrected chi connectivity index (χ1v) is 11.7. The summed E-state index contributed by atoms with van der Waals surface area (Å²) in [6.07, 6.45) is 0.534. The van der Waals surface area contributed by atoms with Crippen LogP contribution in [0.25, 0.3) is 0 Å². The molecule has 0 saturated carbocycles. The van der Waals surface area contributed by atoms with E-state index in [0.29, 0.717) is 31.1 Å². The van der Waals surface area contributed by atoms with Crippen LogP contribution in [0.15, 0.2) is 40.8 Å². The van der Waals surface area contributed by atoms with Gasteiger partial charge in [0, 0.05) is 31.6 Å². The van der Waals surface area contributed by atoms with Crippen molar-refractivity contribution in [2.24, 2.45) is 11.0 Å². The number of carbonyl (C=O) groups excluding carboxylic acids is 2. The average molecular weight is 474 g/mol. The third kappa shape index (κ3) is 5.72. The molecule has 2 heterocycles. The van der Waals surface area contributed by atoms with Crippen LogP contribution in [0.1, 0.15) is 36.8 Å². The van der Waals surface area contributed by atoms with Crippen LogP contribution in [-0.4, -0.2) is 68.5 Å². The quantitative estimate of drug-likeness (QED) is 0.527. The van der Waals surface area contributed by atoms with Crippen LogP contribution >= 0.6 is 11.3 Å². The average Bonchev–Trinajstić information content (AvgIpc) is 3.50. The molecule has 1 unspecified atom stereocenters.